The van der Waals surface area contributed by atoms with Crippen LogP contribution in [-0.4, -0.2) is 18.5 Å². The highest BCUT2D eigenvalue weighted by molar-refractivity contribution is 5.91. The Morgan fingerprint density at radius 2 is 1.69 bits per heavy atom. The van der Waals surface area contributed by atoms with E-state index in [4.69, 9.17) is 4.74 Å². The molecule has 0 aliphatic carbocycles. The zero-order valence-electron chi connectivity index (χ0n) is 15.3. The lowest BCUT2D eigenvalue weighted by Gasteiger charge is -2.15. The van der Waals surface area contributed by atoms with Crippen LogP contribution in [-0.2, 0) is 16.0 Å². The van der Waals surface area contributed by atoms with Gasteiger partial charge in [-0.2, -0.15) is 0 Å². The molecule has 0 aromatic heterocycles. The molecule has 2 aromatic rings. The highest BCUT2D eigenvalue weighted by Gasteiger charge is 2.15. The van der Waals surface area contributed by atoms with Gasteiger partial charge in [-0.15, -0.1) is 0 Å². The van der Waals surface area contributed by atoms with Gasteiger partial charge in [-0.05, 0) is 42.5 Å². The summed E-state index contributed by atoms with van der Waals surface area (Å²) >= 11 is 0. The van der Waals surface area contributed by atoms with Gasteiger partial charge in [0.2, 0.25) is 0 Å². The van der Waals surface area contributed by atoms with Crippen molar-refractivity contribution in [1.29, 1.82) is 0 Å². The van der Waals surface area contributed by atoms with Crippen molar-refractivity contribution in [3.05, 3.63) is 71.0 Å². The lowest BCUT2D eigenvalue weighted by Crippen LogP contribution is -2.31. The van der Waals surface area contributed by atoms with E-state index in [0.29, 0.717) is 5.92 Å². The molecule has 5 heteroatoms. The molecule has 1 atom stereocenters. The molecule has 0 spiro atoms. The minimum atomic E-state index is -0.857. The predicted molar refractivity (Wildman–Crippen MR) is 98.2 cm³/mol. The number of carbonyl (C=O) groups excluding carboxylic acids is 2. The van der Waals surface area contributed by atoms with Gasteiger partial charge in [-0.3, -0.25) is 4.79 Å². The fraction of sp³-hybridized carbons (Fsp3) is 0.333. The molecule has 1 N–H and O–H groups in total. The number of halogens is 1. The second-order valence-corrected chi connectivity index (χ2v) is 6.68. The maximum atomic E-state index is 13.5. The molecule has 0 unspecified atom stereocenters. The average Bonchev–Trinajstić information content (AvgIpc) is 2.60. The highest BCUT2D eigenvalue weighted by atomic mass is 19.1. The standard InChI is InChI=1S/C21H24FNO3/c1-14(2)12-16-8-10-17(11-9-16)15(3)23-20(24)13-26-21(25)18-6-4-5-7-19(18)22/h4-11,14-15H,12-13H2,1-3H3,(H,23,24)/t15-/m1/s1. The van der Waals surface area contributed by atoms with Gasteiger partial charge in [-0.25, -0.2) is 9.18 Å². The molecule has 0 heterocycles. The van der Waals surface area contributed by atoms with Gasteiger partial charge in [0.05, 0.1) is 11.6 Å². The van der Waals surface area contributed by atoms with Crippen LogP contribution in [0.15, 0.2) is 48.5 Å². The van der Waals surface area contributed by atoms with Gasteiger partial charge < -0.3 is 10.1 Å². The van der Waals surface area contributed by atoms with E-state index < -0.39 is 24.3 Å². The van der Waals surface area contributed by atoms with Crippen molar-refractivity contribution in [2.24, 2.45) is 5.92 Å². The van der Waals surface area contributed by atoms with Gasteiger partial charge >= 0.3 is 5.97 Å². The zero-order valence-corrected chi connectivity index (χ0v) is 15.3. The summed E-state index contributed by atoms with van der Waals surface area (Å²) in [6.07, 6.45) is 1.01. The van der Waals surface area contributed by atoms with Crippen molar-refractivity contribution in [2.75, 3.05) is 6.61 Å². The van der Waals surface area contributed by atoms with E-state index in [9.17, 15) is 14.0 Å². The summed E-state index contributed by atoms with van der Waals surface area (Å²) in [5.74, 6) is -1.38. The Labute approximate surface area is 153 Å². The Kier molecular flexibility index (Phi) is 6.89. The summed E-state index contributed by atoms with van der Waals surface area (Å²) in [5.41, 5.74) is 2.03. The number of benzene rings is 2. The summed E-state index contributed by atoms with van der Waals surface area (Å²) in [5, 5.41) is 2.77. The van der Waals surface area contributed by atoms with Crippen molar-refractivity contribution in [3.8, 4) is 0 Å². The van der Waals surface area contributed by atoms with Gasteiger partial charge in [0, 0.05) is 0 Å². The van der Waals surface area contributed by atoms with Crippen LogP contribution < -0.4 is 5.32 Å². The van der Waals surface area contributed by atoms with Crippen LogP contribution in [0.2, 0.25) is 0 Å². The molecule has 2 rings (SSSR count). The summed E-state index contributed by atoms with van der Waals surface area (Å²) in [4.78, 5) is 23.8. The molecule has 0 saturated heterocycles. The van der Waals surface area contributed by atoms with Crippen molar-refractivity contribution >= 4 is 11.9 Å². The number of ether oxygens (including phenoxy) is 1. The van der Waals surface area contributed by atoms with Crippen LogP contribution in [0.3, 0.4) is 0 Å². The molecule has 2 aromatic carbocycles. The third kappa shape index (κ3) is 5.69. The SMILES string of the molecule is CC(C)Cc1ccc([C@@H](C)NC(=O)COC(=O)c2ccccc2F)cc1. The molecule has 0 bridgehead atoms. The first-order valence-corrected chi connectivity index (χ1v) is 8.66. The predicted octanol–water partition coefficient (Wildman–Crippen LogP) is 4.06. The van der Waals surface area contributed by atoms with Crippen molar-refractivity contribution in [1.82, 2.24) is 5.32 Å². The van der Waals surface area contributed by atoms with E-state index in [0.717, 1.165) is 12.0 Å². The molecule has 0 fully saturated rings. The first kappa shape index (κ1) is 19.6. The third-order valence-corrected chi connectivity index (χ3v) is 3.93. The van der Waals surface area contributed by atoms with Crippen LogP contribution in [0.4, 0.5) is 4.39 Å². The second-order valence-electron chi connectivity index (χ2n) is 6.68. The van der Waals surface area contributed by atoms with Gasteiger partial charge in [0.15, 0.2) is 6.61 Å². The van der Waals surface area contributed by atoms with Crippen LogP contribution >= 0.6 is 0 Å². The Morgan fingerprint density at radius 3 is 2.31 bits per heavy atom. The van der Waals surface area contributed by atoms with Crippen molar-refractivity contribution < 1.29 is 18.7 Å². The fourth-order valence-corrected chi connectivity index (χ4v) is 2.62. The molecule has 0 radical (unpaired) electrons. The fourth-order valence-electron chi connectivity index (χ4n) is 2.62. The first-order valence-electron chi connectivity index (χ1n) is 8.66. The number of nitrogens with one attached hydrogen (secondary N) is 1. The number of hydrogen-bond acceptors (Lipinski definition) is 3. The summed E-state index contributed by atoms with van der Waals surface area (Å²) in [6.45, 7) is 5.73. The number of rotatable bonds is 7. The zero-order chi connectivity index (χ0) is 19.1. The van der Waals surface area contributed by atoms with Gasteiger partial charge in [0.25, 0.3) is 5.91 Å². The van der Waals surface area contributed by atoms with Crippen LogP contribution in [0.5, 0.6) is 0 Å². The Bertz CT molecular complexity index is 756. The Balaban J connectivity index is 1.85. The monoisotopic (exact) mass is 357 g/mol. The van der Waals surface area contributed by atoms with Gasteiger partial charge in [0.1, 0.15) is 5.82 Å². The van der Waals surface area contributed by atoms with Crippen molar-refractivity contribution in [3.63, 3.8) is 0 Å². The lowest BCUT2D eigenvalue weighted by atomic mass is 10.00. The summed E-state index contributed by atoms with van der Waals surface area (Å²) in [7, 11) is 0. The molecule has 0 aliphatic rings. The minimum Gasteiger partial charge on any atom is -0.452 e. The Morgan fingerprint density at radius 1 is 1.04 bits per heavy atom. The van der Waals surface area contributed by atoms with E-state index in [-0.39, 0.29) is 11.6 Å². The quantitative estimate of drug-likeness (QED) is 0.761. The van der Waals surface area contributed by atoms with Crippen molar-refractivity contribution in [2.45, 2.75) is 33.2 Å². The van der Waals surface area contributed by atoms with Crippen LogP contribution in [0.1, 0.15) is 48.3 Å². The van der Waals surface area contributed by atoms with E-state index in [1.54, 1.807) is 0 Å². The topological polar surface area (TPSA) is 55.4 Å². The van der Waals surface area contributed by atoms with E-state index in [1.807, 2.05) is 19.1 Å². The molecule has 26 heavy (non-hydrogen) atoms. The molecular formula is C21H24FNO3. The second kappa shape index (κ2) is 9.13. The van der Waals surface area contributed by atoms with Gasteiger partial charge in [-0.1, -0.05) is 50.2 Å². The molecule has 0 aliphatic heterocycles. The first-order chi connectivity index (χ1) is 12.4. The summed E-state index contributed by atoms with van der Waals surface area (Å²) < 4.78 is 18.4. The molecular weight excluding hydrogens is 333 g/mol. The summed E-state index contributed by atoms with van der Waals surface area (Å²) in [6, 6.07) is 13.3. The smallest absolute Gasteiger partial charge is 0.341 e. The van der Waals surface area contributed by atoms with E-state index >= 15 is 0 Å². The average molecular weight is 357 g/mol. The normalized spacial score (nSPS) is 11.9. The molecule has 4 nitrogen and oxygen atoms in total. The molecule has 0 saturated carbocycles. The van der Waals surface area contributed by atoms with Crippen LogP contribution in [0, 0.1) is 11.7 Å². The third-order valence-electron chi connectivity index (χ3n) is 3.93. The number of carbonyl (C=O) groups is 2. The Hall–Kier alpha value is -2.69. The maximum Gasteiger partial charge on any atom is 0.341 e. The number of hydrogen-bond donors (Lipinski definition) is 1. The lowest BCUT2D eigenvalue weighted by molar-refractivity contribution is -0.124. The molecule has 1 amide bonds. The largest absolute Gasteiger partial charge is 0.452 e. The van der Waals surface area contributed by atoms with E-state index in [1.165, 1.54) is 29.8 Å². The molecule has 138 valence electrons. The van der Waals surface area contributed by atoms with E-state index in [2.05, 4.69) is 31.3 Å². The number of esters is 1. The van der Waals surface area contributed by atoms with Crippen LogP contribution in [0.25, 0.3) is 0 Å². The minimum absolute atomic E-state index is 0.186. The highest BCUT2D eigenvalue weighted by Crippen LogP contribution is 2.15. The number of amides is 1. The maximum absolute atomic E-state index is 13.5.